The molecule has 0 bridgehead atoms. The van der Waals surface area contributed by atoms with Crippen LogP contribution >= 0.6 is 11.8 Å². The molecule has 0 spiro atoms. The molecular weight excluding hydrogens is 174 g/mol. The van der Waals surface area contributed by atoms with Gasteiger partial charge >= 0.3 is 0 Å². The van der Waals surface area contributed by atoms with Crippen molar-refractivity contribution in [2.45, 2.75) is 6.42 Å². The first kappa shape index (κ1) is 9.86. The molecular formula is C8H15NO2S. The smallest absolute Gasteiger partial charge is 0.224 e. The molecule has 0 aromatic rings. The van der Waals surface area contributed by atoms with Gasteiger partial charge in [-0.1, -0.05) is 0 Å². The molecule has 0 saturated carbocycles. The predicted molar refractivity (Wildman–Crippen MR) is 50.4 cm³/mol. The maximum Gasteiger partial charge on any atom is 0.224 e. The highest BCUT2D eigenvalue weighted by atomic mass is 32.2. The Hall–Kier alpha value is -0.220. The van der Waals surface area contributed by atoms with Crippen molar-refractivity contribution in [2.75, 3.05) is 38.3 Å². The summed E-state index contributed by atoms with van der Waals surface area (Å²) in [5.41, 5.74) is 0. The zero-order valence-electron chi connectivity index (χ0n) is 7.41. The average molecular weight is 189 g/mol. The number of hydrogen-bond donors (Lipinski definition) is 0. The largest absolute Gasteiger partial charge is 0.384 e. The highest BCUT2D eigenvalue weighted by Crippen LogP contribution is 2.09. The van der Waals surface area contributed by atoms with Gasteiger partial charge in [0.15, 0.2) is 0 Å². The van der Waals surface area contributed by atoms with E-state index in [0.29, 0.717) is 13.0 Å². The second-order valence-corrected chi connectivity index (χ2v) is 3.96. The van der Waals surface area contributed by atoms with Crippen LogP contribution in [0.5, 0.6) is 0 Å². The number of thioether (sulfide) groups is 1. The molecule has 0 aromatic carbocycles. The zero-order valence-corrected chi connectivity index (χ0v) is 8.23. The lowest BCUT2D eigenvalue weighted by Crippen LogP contribution is -2.38. The molecule has 1 heterocycles. The summed E-state index contributed by atoms with van der Waals surface area (Å²) in [6.07, 6.45) is 0.529. The van der Waals surface area contributed by atoms with Crippen LogP contribution in [-0.4, -0.2) is 49.1 Å². The number of rotatable bonds is 3. The molecule has 0 N–H and O–H groups in total. The molecule has 0 unspecified atom stereocenters. The van der Waals surface area contributed by atoms with Gasteiger partial charge in [0.05, 0.1) is 13.0 Å². The minimum Gasteiger partial charge on any atom is -0.384 e. The lowest BCUT2D eigenvalue weighted by molar-refractivity contribution is -0.131. The van der Waals surface area contributed by atoms with E-state index in [1.165, 1.54) is 0 Å². The monoisotopic (exact) mass is 189 g/mol. The van der Waals surface area contributed by atoms with E-state index in [4.69, 9.17) is 4.74 Å². The van der Waals surface area contributed by atoms with E-state index in [1.54, 1.807) is 7.11 Å². The minimum absolute atomic E-state index is 0.233. The maximum atomic E-state index is 11.4. The average Bonchev–Trinajstić information content (AvgIpc) is 2.15. The van der Waals surface area contributed by atoms with E-state index in [-0.39, 0.29) is 5.91 Å². The summed E-state index contributed by atoms with van der Waals surface area (Å²) in [4.78, 5) is 13.3. The second-order valence-electron chi connectivity index (χ2n) is 2.74. The van der Waals surface area contributed by atoms with Crippen LogP contribution in [0.2, 0.25) is 0 Å². The van der Waals surface area contributed by atoms with Crippen LogP contribution in [-0.2, 0) is 9.53 Å². The number of methoxy groups -OCH3 is 1. The highest BCUT2D eigenvalue weighted by molar-refractivity contribution is 7.99. The van der Waals surface area contributed by atoms with Gasteiger partial charge in [0.25, 0.3) is 0 Å². The Morgan fingerprint density at radius 2 is 2.17 bits per heavy atom. The molecule has 0 radical (unpaired) electrons. The summed E-state index contributed by atoms with van der Waals surface area (Å²) in [6.45, 7) is 2.36. The first-order valence-corrected chi connectivity index (χ1v) is 5.34. The number of carbonyl (C=O) groups is 1. The van der Waals surface area contributed by atoms with Gasteiger partial charge in [0, 0.05) is 31.7 Å². The molecule has 0 atom stereocenters. The van der Waals surface area contributed by atoms with Crippen molar-refractivity contribution in [1.82, 2.24) is 4.90 Å². The molecule has 70 valence electrons. The molecule has 1 saturated heterocycles. The van der Waals surface area contributed by atoms with Crippen LogP contribution < -0.4 is 0 Å². The van der Waals surface area contributed by atoms with Gasteiger partial charge in [-0.2, -0.15) is 11.8 Å². The molecule has 0 aliphatic carbocycles. The molecule has 1 aliphatic rings. The van der Waals surface area contributed by atoms with Crippen molar-refractivity contribution < 1.29 is 9.53 Å². The van der Waals surface area contributed by atoms with Crippen molar-refractivity contribution in [3.8, 4) is 0 Å². The lowest BCUT2D eigenvalue weighted by Gasteiger charge is -2.26. The van der Waals surface area contributed by atoms with Gasteiger partial charge in [0.1, 0.15) is 0 Å². The van der Waals surface area contributed by atoms with E-state index in [2.05, 4.69) is 0 Å². The van der Waals surface area contributed by atoms with E-state index in [1.807, 2.05) is 16.7 Å². The number of nitrogens with zero attached hydrogens (tertiary/aromatic N) is 1. The molecule has 1 rings (SSSR count). The third kappa shape index (κ3) is 3.03. The summed E-state index contributed by atoms with van der Waals surface area (Å²) < 4.78 is 4.85. The topological polar surface area (TPSA) is 29.5 Å². The predicted octanol–water partition coefficient (Wildman–Crippen LogP) is 0.598. The fraction of sp³-hybridized carbons (Fsp3) is 0.875. The molecule has 12 heavy (non-hydrogen) atoms. The van der Waals surface area contributed by atoms with E-state index < -0.39 is 0 Å². The Balaban J connectivity index is 2.20. The van der Waals surface area contributed by atoms with Gasteiger partial charge in [-0.3, -0.25) is 4.79 Å². The van der Waals surface area contributed by atoms with Crippen LogP contribution in [0.15, 0.2) is 0 Å². The SMILES string of the molecule is COCCC(=O)N1CCSCC1. The van der Waals surface area contributed by atoms with Gasteiger partial charge in [-0.15, -0.1) is 0 Å². The summed E-state index contributed by atoms with van der Waals surface area (Å²) in [5, 5.41) is 0. The van der Waals surface area contributed by atoms with Crippen LogP contribution in [0.4, 0.5) is 0 Å². The molecule has 1 fully saturated rings. The van der Waals surface area contributed by atoms with Crippen molar-refractivity contribution in [3.63, 3.8) is 0 Å². The standard InChI is InChI=1S/C8H15NO2S/c1-11-5-2-8(10)9-3-6-12-7-4-9/h2-7H2,1H3. The van der Waals surface area contributed by atoms with Crippen LogP contribution in [0.3, 0.4) is 0 Å². The fourth-order valence-electron chi connectivity index (χ4n) is 1.16. The normalized spacial score (nSPS) is 17.9. The van der Waals surface area contributed by atoms with Gasteiger partial charge in [0.2, 0.25) is 5.91 Å². The number of amides is 1. The number of hydrogen-bond acceptors (Lipinski definition) is 3. The van der Waals surface area contributed by atoms with Crippen molar-refractivity contribution in [1.29, 1.82) is 0 Å². The van der Waals surface area contributed by atoms with E-state index in [9.17, 15) is 4.79 Å². The second kappa shape index (κ2) is 5.43. The van der Waals surface area contributed by atoms with Gasteiger partial charge in [-0.05, 0) is 0 Å². The van der Waals surface area contributed by atoms with Crippen molar-refractivity contribution in [3.05, 3.63) is 0 Å². The Morgan fingerprint density at radius 1 is 1.50 bits per heavy atom. The Kier molecular flexibility index (Phi) is 4.46. The third-order valence-corrected chi connectivity index (χ3v) is 2.83. The Morgan fingerprint density at radius 3 is 2.75 bits per heavy atom. The quantitative estimate of drug-likeness (QED) is 0.651. The first-order valence-electron chi connectivity index (χ1n) is 4.19. The third-order valence-electron chi connectivity index (χ3n) is 1.88. The van der Waals surface area contributed by atoms with Crippen LogP contribution in [0, 0.1) is 0 Å². The van der Waals surface area contributed by atoms with Gasteiger partial charge in [-0.25, -0.2) is 0 Å². The number of ether oxygens (including phenoxy) is 1. The van der Waals surface area contributed by atoms with E-state index >= 15 is 0 Å². The molecule has 1 amide bonds. The maximum absolute atomic E-state index is 11.4. The molecule has 3 nitrogen and oxygen atoms in total. The minimum atomic E-state index is 0.233. The first-order chi connectivity index (χ1) is 5.84. The molecule has 1 aliphatic heterocycles. The number of carbonyl (C=O) groups excluding carboxylic acids is 1. The highest BCUT2D eigenvalue weighted by Gasteiger charge is 2.15. The molecule has 0 aromatic heterocycles. The lowest BCUT2D eigenvalue weighted by atomic mass is 10.3. The zero-order chi connectivity index (χ0) is 8.81. The van der Waals surface area contributed by atoms with Crippen LogP contribution in [0.1, 0.15) is 6.42 Å². The Labute approximate surface area is 77.4 Å². The summed E-state index contributed by atoms with van der Waals surface area (Å²) in [5.74, 6) is 2.40. The van der Waals surface area contributed by atoms with Gasteiger partial charge < -0.3 is 9.64 Å². The summed E-state index contributed by atoms with van der Waals surface area (Å²) in [7, 11) is 1.62. The summed E-state index contributed by atoms with van der Waals surface area (Å²) >= 11 is 1.91. The van der Waals surface area contributed by atoms with Crippen LogP contribution in [0.25, 0.3) is 0 Å². The summed E-state index contributed by atoms with van der Waals surface area (Å²) in [6, 6.07) is 0. The van der Waals surface area contributed by atoms with Crippen molar-refractivity contribution in [2.24, 2.45) is 0 Å². The molecule has 4 heteroatoms. The Bertz CT molecular complexity index is 146. The fourth-order valence-corrected chi connectivity index (χ4v) is 2.06. The van der Waals surface area contributed by atoms with E-state index in [0.717, 1.165) is 24.6 Å². The van der Waals surface area contributed by atoms with Crippen molar-refractivity contribution >= 4 is 17.7 Å².